The van der Waals surface area contributed by atoms with E-state index in [2.05, 4.69) is 0 Å². The van der Waals surface area contributed by atoms with E-state index in [1.165, 1.54) is 0 Å². The summed E-state index contributed by atoms with van der Waals surface area (Å²) >= 11 is 0. The Bertz CT molecular complexity index is 462. The average Bonchev–Trinajstić information content (AvgIpc) is 2.85. The van der Waals surface area contributed by atoms with E-state index in [4.69, 9.17) is 4.74 Å². The van der Waals surface area contributed by atoms with Crippen molar-refractivity contribution in [2.75, 3.05) is 13.2 Å². The second kappa shape index (κ2) is 5.83. The fourth-order valence-corrected chi connectivity index (χ4v) is 2.48. The van der Waals surface area contributed by atoms with Gasteiger partial charge in [0.05, 0.1) is 12.6 Å². The van der Waals surface area contributed by atoms with Gasteiger partial charge in [0, 0.05) is 12.1 Å². The fourth-order valence-electron chi connectivity index (χ4n) is 2.48. The molecule has 4 heteroatoms. The number of ether oxygens (including phenoxy) is 1. The van der Waals surface area contributed by atoms with E-state index in [0.29, 0.717) is 5.56 Å². The average molecular weight is 277 g/mol. The predicted octanol–water partition coefficient (Wildman–Crippen LogP) is 2.46. The van der Waals surface area contributed by atoms with Crippen LogP contribution < -0.4 is 4.74 Å². The molecule has 1 saturated heterocycles. The summed E-state index contributed by atoms with van der Waals surface area (Å²) in [6, 6.07) is 7.19. The zero-order chi connectivity index (χ0) is 14.8. The zero-order valence-electron chi connectivity index (χ0n) is 12.4. The Labute approximate surface area is 120 Å². The quantitative estimate of drug-likeness (QED) is 0.923. The number of aliphatic hydroxyl groups is 1. The minimum atomic E-state index is -0.248. The van der Waals surface area contributed by atoms with Crippen molar-refractivity contribution < 1.29 is 14.6 Å². The molecule has 0 saturated carbocycles. The summed E-state index contributed by atoms with van der Waals surface area (Å²) in [4.78, 5) is 14.2. The summed E-state index contributed by atoms with van der Waals surface area (Å²) in [7, 11) is 0. The number of amides is 1. The molecule has 110 valence electrons. The van der Waals surface area contributed by atoms with Crippen LogP contribution in [-0.2, 0) is 0 Å². The number of hydrogen-bond acceptors (Lipinski definition) is 3. The number of rotatable bonds is 3. The molecule has 1 aliphatic heterocycles. The van der Waals surface area contributed by atoms with Crippen molar-refractivity contribution in [1.29, 1.82) is 0 Å². The fraction of sp³-hybridized carbons (Fsp3) is 0.562. The summed E-state index contributed by atoms with van der Waals surface area (Å²) in [5, 5.41) is 9.29. The number of benzene rings is 1. The minimum absolute atomic E-state index is 0.0103. The van der Waals surface area contributed by atoms with E-state index in [-0.39, 0.29) is 24.2 Å². The van der Waals surface area contributed by atoms with Crippen LogP contribution in [0.15, 0.2) is 24.3 Å². The Hall–Kier alpha value is -1.55. The largest absolute Gasteiger partial charge is 0.488 e. The Morgan fingerprint density at radius 1 is 1.35 bits per heavy atom. The molecule has 0 bridgehead atoms. The molecule has 0 aromatic heterocycles. The highest BCUT2D eigenvalue weighted by molar-refractivity contribution is 5.94. The van der Waals surface area contributed by atoms with Crippen molar-refractivity contribution in [2.45, 2.75) is 45.3 Å². The normalized spacial score (nSPS) is 19.2. The molecule has 2 rings (SSSR count). The molecule has 0 radical (unpaired) electrons. The standard InChI is InChI=1S/C16H23NO3/c1-16(2,3)20-14-8-6-12(7-9-14)15(19)17-10-4-5-13(17)11-18/h6-9,13,18H,4-5,10-11H2,1-3H3. The summed E-state index contributed by atoms with van der Waals surface area (Å²) in [6.45, 7) is 6.73. The summed E-state index contributed by atoms with van der Waals surface area (Å²) in [5.41, 5.74) is 0.397. The van der Waals surface area contributed by atoms with Gasteiger partial charge in [0.1, 0.15) is 11.4 Å². The van der Waals surface area contributed by atoms with Crippen molar-refractivity contribution >= 4 is 5.91 Å². The van der Waals surface area contributed by atoms with Gasteiger partial charge in [0.25, 0.3) is 5.91 Å². The van der Waals surface area contributed by atoms with Crippen LogP contribution in [0.2, 0.25) is 0 Å². The monoisotopic (exact) mass is 277 g/mol. The van der Waals surface area contributed by atoms with Crippen LogP contribution in [0.4, 0.5) is 0 Å². The minimum Gasteiger partial charge on any atom is -0.488 e. The molecule has 1 fully saturated rings. The van der Waals surface area contributed by atoms with Gasteiger partial charge in [-0.05, 0) is 57.9 Å². The predicted molar refractivity (Wildman–Crippen MR) is 78.0 cm³/mol. The van der Waals surface area contributed by atoms with Crippen LogP contribution in [0.1, 0.15) is 44.0 Å². The zero-order valence-corrected chi connectivity index (χ0v) is 12.4. The molecular formula is C16H23NO3. The highest BCUT2D eigenvalue weighted by Crippen LogP contribution is 2.22. The molecule has 1 aromatic carbocycles. The third kappa shape index (κ3) is 3.51. The lowest BCUT2D eigenvalue weighted by Gasteiger charge is -2.24. The van der Waals surface area contributed by atoms with Crippen LogP contribution in [0.3, 0.4) is 0 Å². The second-order valence-corrected chi connectivity index (χ2v) is 6.22. The summed E-state index contributed by atoms with van der Waals surface area (Å²) < 4.78 is 5.74. The van der Waals surface area contributed by atoms with Crippen molar-refractivity contribution in [3.8, 4) is 5.75 Å². The lowest BCUT2D eigenvalue weighted by atomic mass is 10.1. The van der Waals surface area contributed by atoms with Gasteiger partial charge in [-0.2, -0.15) is 0 Å². The van der Waals surface area contributed by atoms with Gasteiger partial charge in [0.2, 0.25) is 0 Å². The molecule has 1 aromatic rings. The van der Waals surface area contributed by atoms with Gasteiger partial charge in [-0.1, -0.05) is 0 Å². The van der Waals surface area contributed by atoms with E-state index in [1.807, 2.05) is 32.9 Å². The maximum Gasteiger partial charge on any atom is 0.254 e. The molecule has 1 heterocycles. The van der Waals surface area contributed by atoms with Crippen LogP contribution in [-0.4, -0.2) is 40.7 Å². The van der Waals surface area contributed by atoms with E-state index in [1.54, 1.807) is 17.0 Å². The molecule has 1 unspecified atom stereocenters. The molecule has 20 heavy (non-hydrogen) atoms. The van der Waals surface area contributed by atoms with Gasteiger partial charge < -0.3 is 14.7 Å². The Morgan fingerprint density at radius 3 is 2.55 bits per heavy atom. The van der Waals surface area contributed by atoms with Crippen molar-refractivity contribution in [3.63, 3.8) is 0 Å². The van der Waals surface area contributed by atoms with Gasteiger partial charge in [-0.25, -0.2) is 0 Å². The van der Waals surface area contributed by atoms with E-state index < -0.39 is 0 Å². The van der Waals surface area contributed by atoms with Gasteiger partial charge >= 0.3 is 0 Å². The molecule has 4 nitrogen and oxygen atoms in total. The Balaban J connectivity index is 2.08. The second-order valence-electron chi connectivity index (χ2n) is 6.22. The first kappa shape index (κ1) is 14.9. The first-order valence-corrected chi connectivity index (χ1v) is 7.11. The van der Waals surface area contributed by atoms with E-state index in [0.717, 1.165) is 25.1 Å². The lowest BCUT2D eigenvalue weighted by Crippen LogP contribution is -2.37. The van der Waals surface area contributed by atoms with Crippen molar-refractivity contribution in [3.05, 3.63) is 29.8 Å². The molecule has 1 N–H and O–H groups in total. The Morgan fingerprint density at radius 2 is 2.00 bits per heavy atom. The number of carbonyl (C=O) groups excluding carboxylic acids is 1. The van der Waals surface area contributed by atoms with Crippen molar-refractivity contribution in [2.24, 2.45) is 0 Å². The van der Waals surface area contributed by atoms with E-state index in [9.17, 15) is 9.90 Å². The highest BCUT2D eigenvalue weighted by atomic mass is 16.5. The van der Waals surface area contributed by atoms with Gasteiger partial charge in [0.15, 0.2) is 0 Å². The van der Waals surface area contributed by atoms with Crippen LogP contribution in [0.25, 0.3) is 0 Å². The topological polar surface area (TPSA) is 49.8 Å². The van der Waals surface area contributed by atoms with Crippen LogP contribution in [0.5, 0.6) is 5.75 Å². The smallest absolute Gasteiger partial charge is 0.254 e. The molecule has 1 aliphatic rings. The van der Waals surface area contributed by atoms with Gasteiger partial charge in [-0.15, -0.1) is 0 Å². The number of aliphatic hydroxyl groups excluding tert-OH is 1. The van der Waals surface area contributed by atoms with Crippen LogP contribution >= 0.6 is 0 Å². The summed E-state index contributed by atoms with van der Waals surface area (Å²) in [6.07, 6.45) is 1.84. The third-order valence-corrected chi connectivity index (χ3v) is 3.37. The highest BCUT2D eigenvalue weighted by Gasteiger charge is 2.28. The molecular weight excluding hydrogens is 254 g/mol. The van der Waals surface area contributed by atoms with Crippen molar-refractivity contribution in [1.82, 2.24) is 4.90 Å². The van der Waals surface area contributed by atoms with Crippen LogP contribution in [0, 0.1) is 0 Å². The number of nitrogens with zero attached hydrogens (tertiary/aromatic N) is 1. The Kier molecular flexibility index (Phi) is 4.33. The first-order valence-electron chi connectivity index (χ1n) is 7.11. The molecule has 0 aliphatic carbocycles. The summed E-state index contributed by atoms with van der Waals surface area (Å²) in [5.74, 6) is 0.748. The van der Waals surface area contributed by atoms with E-state index >= 15 is 0 Å². The van der Waals surface area contributed by atoms with Gasteiger partial charge in [-0.3, -0.25) is 4.79 Å². The maximum absolute atomic E-state index is 12.4. The lowest BCUT2D eigenvalue weighted by molar-refractivity contribution is 0.0677. The number of hydrogen-bond donors (Lipinski definition) is 1. The molecule has 0 spiro atoms. The number of carbonyl (C=O) groups is 1. The number of likely N-dealkylation sites (tertiary alicyclic amines) is 1. The third-order valence-electron chi connectivity index (χ3n) is 3.37. The maximum atomic E-state index is 12.4. The first-order chi connectivity index (χ1) is 9.40. The molecule has 1 atom stereocenters. The SMILES string of the molecule is CC(C)(C)Oc1ccc(C(=O)N2CCCC2CO)cc1. The molecule has 1 amide bonds.